The second-order valence-corrected chi connectivity index (χ2v) is 8.66. The maximum atomic E-state index is 5.28. The number of para-hydroxylation sites is 1. The molecule has 1 heterocycles. The Labute approximate surface area is 185 Å². The minimum absolute atomic E-state index is 0.315. The van der Waals surface area contributed by atoms with Crippen LogP contribution in [0.4, 0.5) is 11.4 Å². The van der Waals surface area contributed by atoms with E-state index in [9.17, 15) is 0 Å². The van der Waals surface area contributed by atoms with Gasteiger partial charge in [0.2, 0.25) is 0 Å². The second-order valence-electron chi connectivity index (χ2n) is 7.81. The highest BCUT2D eigenvalue weighted by Gasteiger charge is 2.37. The molecule has 0 unspecified atom stereocenters. The van der Waals surface area contributed by atoms with E-state index in [0.29, 0.717) is 17.9 Å². The lowest BCUT2D eigenvalue weighted by molar-refractivity contribution is 0.412. The van der Waals surface area contributed by atoms with Gasteiger partial charge in [-0.1, -0.05) is 42.5 Å². The molecule has 150 valence electrons. The second kappa shape index (κ2) is 8.11. The number of fused-ring (bicyclic) bond motifs is 3. The number of ether oxygens (including phenoxy) is 1. The number of nitrogens with zero attached hydrogens (tertiary/aromatic N) is 1. The van der Waals surface area contributed by atoms with E-state index < -0.39 is 0 Å². The third-order valence-electron chi connectivity index (χ3n) is 6.06. The summed E-state index contributed by atoms with van der Waals surface area (Å²) in [4.78, 5) is 4.64. The number of aliphatic imine (C=N–C) groups is 1. The van der Waals surface area contributed by atoms with Crippen LogP contribution < -0.4 is 10.1 Å². The standard InChI is InChI=1S/C26H23BrN2O/c1-30-25-14-9-17(15-23(25)27)16-28-19-12-10-18(11-13-19)26-22-7-4-6-20(22)21-5-2-3-8-24(21)29-26/h2-6,8-16,20,22,26,29H,7H2,1H3/t20-,22-,26-/m0/s1. The summed E-state index contributed by atoms with van der Waals surface area (Å²) in [6.07, 6.45) is 7.70. The topological polar surface area (TPSA) is 33.6 Å². The average molecular weight is 459 g/mol. The SMILES string of the molecule is COc1ccc(C=Nc2ccc([C@@H]3Nc4ccccc4[C@@H]4C=CC[C@@H]43)cc2)cc1Br. The van der Waals surface area contributed by atoms with Crippen molar-refractivity contribution in [3.8, 4) is 5.75 Å². The van der Waals surface area contributed by atoms with Gasteiger partial charge in [-0.3, -0.25) is 4.99 Å². The van der Waals surface area contributed by atoms with Gasteiger partial charge >= 0.3 is 0 Å². The van der Waals surface area contributed by atoms with Gasteiger partial charge < -0.3 is 10.1 Å². The molecule has 0 radical (unpaired) electrons. The fourth-order valence-electron chi connectivity index (χ4n) is 4.55. The van der Waals surface area contributed by atoms with Crippen molar-refractivity contribution in [1.82, 2.24) is 0 Å². The monoisotopic (exact) mass is 458 g/mol. The molecule has 1 aliphatic heterocycles. The fraction of sp³-hybridized carbons (Fsp3) is 0.192. The van der Waals surface area contributed by atoms with E-state index in [0.717, 1.165) is 27.9 Å². The number of anilines is 1. The molecule has 0 bridgehead atoms. The number of hydrogen-bond acceptors (Lipinski definition) is 3. The molecule has 2 aliphatic rings. The Kier molecular flexibility index (Phi) is 5.17. The van der Waals surface area contributed by atoms with E-state index in [2.05, 4.69) is 86.9 Å². The molecular formula is C26H23BrN2O. The molecule has 1 aliphatic carbocycles. The third kappa shape index (κ3) is 3.56. The van der Waals surface area contributed by atoms with Crippen molar-refractivity contribution in [2.75, 3.05) is 12.4 Å². The van der Waals surface area contributed by atoms with E-state index in [4.69, 9.17) is 4.74 Å². The lowest BCUT2D eigenvalue weighted by Crippen LogP contribution is -2.28. The van der Waals surface area contributed by atoms with Gasteiger partial charge in [0.1, 0.15) is 5.75 Å². The van der Waals surface area contributed by atoms with Crippen molar-refractivity contribution in [3.05, 3.63) is 100 Å². The zero-order valence-corrected chi connectivity index (χ0v) is 18.3. The van der Waals surface area contributed by atoms with Crippen molar-refractivity contribution in [3.63, 3.8) is 0 Å². The predicted molar refractivity (Wildman–Crippen MR) is 127 cm³/mol. The molecular weight excluding hydrogens is 436 g/mol. The molecule has 3 nitrogen and oxygen atoms in total. The quantitative estimate of drug-likeness (QED) is 0.336. The maximum Gasteiger partial charge on any atom is 0.133 e. The van der Waals surface area contributed by atoms with Crippen LogP contribution in [0.2, 0.25) is 0 Å². The van der Waals surface area contributed by atoms with Crippen molar-refractivity contribution in [2.45, 2.75) is 18.4 Å². The lowest BCUT2D eigenvalue weighted by atomic mass is 9.77. The summed E-state index contributed by atoms with van der Waals surface area (Å²) in [5.74, 6) is 1.88. The van der Waals surface area contributed by atoms with Gasteiger partial charge in [-0.05, 0) is 81.4 Å². The van der Waals surface area contributed by atoms with Crippen LogP contribution in [0.3, 0.4) is 0 Å². The van der Waals surface area contributed by atoms with Crippen LogP contribution >= 0.6 is 15.9 Å². The van der Waals surface area contributed by atoms with E-state index in [-0.39, 0.29) is 0 Å². The third-order valence-corrected chi connectivity index (χ3v) is 6.68. The fourth-order valence-corrected chi connectivity index (χ4v) is 5.11. The average Bonchev–Trinajstić information content (AvgIpc) is 3.28. The van der Waals surface area contributed by atoms with Crippen molar-refractivity contribution >= 4 is 33.5 Å². The van der Waals surface area contributed by atoms with E-state index in [1.807, 2.05) is 24.4 Å². The predicted octanol–water partition coefficient (Wildman–Crippen LogP) is 7.03. The molecule has 5 rings (SSSR count). The minimum Gasteiger partial charge on any atom is -0.496 e. The zero-order valence-electron chi connectivity index (χ0n) is 16.8. The number of allylic oxidation sites excluding steroid dienone is 2. The first kappa shape index (κ1) is 19.1. The highest BCUT2D eigenvalue weighted by molar-refractivity contribution is 9.10. The molecule has 3 atom stereocenters. The van der Waals surface area contributed by atoms with Crippen LogP contribution in [0.5, 0.6) is 5.75 Å². The Bertz CT molecular complexity index is 1120. The van der Waals surface area contributed by atoms with Gasteiger partial charge in [-0.15, -0.1) is 0 Å². The molecule has 0 amide bonds. The van der Waals surface area contributed by atoms with E-state index in [1.54, 1.807) is 7.11 Å². The molecule has 0 spiro atoms. The number of nitrogens with one attached hydrogen (secondary N) is 1. The molecule has 0 fully saturated rings. The van der Waals surface area contributed by atoms with Crippen LogP contribution in [-0.2, 0) is 0 Å². The molecule has 1 N–H and O–H groups in total. The number of hydrogen-bond donors (Lipinski definition) is 1. The van der Waals surface area contributed by atoms with Gasteiger partial charge in [0.05, 0.1) is 23.3 Å². The number of rotatable bonds is 4. The van der Waals surface area contributed by atoms with Crippen molar-refractivity contribution < 1.29 is 4.74 Å². The Hall–Kier alpha value is -2.85. The van der Waals surface area contributed by atoms with Crippen LogP contribution in [0.25, 0.3) is 0 Å². The molecule has 3 aromatic rings. The summed E-state index contributed by atoms with van der Waals surface area (Å²) in [5, 5.41) is 3.78. The summed E-state index contributed by atoms with van der Waals surface area (Å²) in [6.45, 7) is 0. The van der Waals surface area contributed by atoms with Crippen LogP contribution in [0.15, 0.2) is 88.3 Å². The summed E-state index contributed by atoms with van der Waals surface area (Å²) in [6, 6.07) is 23.6. The molecule has 30 heavy (non-hydrogen) atoms. The van der Waals surface area contributed by atoms with Gasteiger partial charge in [-0.2, -0.15) is 0 Å². The molecule has 0 saturated heterocycles. The largest absolute Gasteiger partial charge is 0.496 e. The summed E-state index contributed by atoms with van der Waals surface area (Å²) >= 11 is 3.52. The van der Waals surface area contributed by atoms with Crippen LogP contribution in [0, 0.1) is 5.92 Å². The number of halogens is 1. The van der Waals surface area contributed by atoms with Gasteiger partial charge in [0.25, 0.3) is 0 Å². The first-order valence-corrected chi connectivity index (χ1v) is 11.0. The highest BCUT2D eigenvalue weighted by Crippen LogP contribution is 2.49. The normalized spacial score (nSPS) is 21.9. The maximum absolute atomic E-state index is 5.28. The molecule has 0 saturated carbocycles. The van der Waals surface area contributed by atoms with Gasteiger partial charge in [-0.25, -0.2) is 0 Å². The zero-order chi connectivity index (χ0) is 20.5. The molecule has 3 aromatic carbocycles. The number of benzene rings is 3. The minimum atomic E-state index is 0.315. The summed E-state index contributed by atoms with van der Waals surface area (Å²) in [5.41, 5.74) is 5.95. The smallest absolute Gasteiger partial charge is 0.133 e. The Morgan fingerprint density at radius 3 is 2.70 bits per heavy atom. The first-order valence-electron chi connectivity index (χ1n) is 10.2. The molecule has 0 aromatic heterocycles. The van der Waals surface area contributed by atoms with Crippen LogP contribution in [-0.4, -0.2) is 13.3 Å². The summed E-state index contributed by atoms with van der Waals surface area (Å²) in [7, 11) is 1.67. The van der Waals surface area contributed by atoms with Gasteiger partial charge in [0, 0.05) is 17.8 Å². The van der Waals surface area contributed by atoms with Crippen molar-refractivity contribution in [2.24, 2.45) is 10.9 Å². The first-order chi connectivity index (χ1) is 14.7. The lowest BCUT2D eigenvalue weighted by Gasteiger charge is -2.37. The summed E-state index contributed by atoms with van der Waals surface area (Å²) < 4.78 is 6.21. The molecule has 4 heteroatoms. The number of methoxy groups -OCH3 is 1. The van der Waals surface area contributed by atoms with E-state index in [1.165, 1.54) is 16.8 Å². The Morgan fingerprint density at radius 2 is 1.90 bits per heavy atom. The van der Waals surface area contributed by atoms with E-state index >= 15 is 0 Å². The Morgan fingerprint density at radius 1 is 1.07 bits per heavy atom. The van der Waals surface area contributed by atoms with Gasteiger partial charge in [0.15, 0.2) is 0 Å². The highest BCUT2D eigenvalue weighted by atomic mass is 79.9. The van der Waals surface area contributed by atoms with Crippen LogP contribution in [0.1, 0.15) is 35.1 Å². The van der Waals surface area contributed by atoms with Crippen molar-refractivity contribution in [1.29, 1.82) is 0 Å². The Balaban J connectivity index is 1.36.